The number of unbranched alkanes of at least 4 members (excludes halogenated alkanes) is 19. The third-order valence-corrected chi connectivity index (χ3v) is 9.81. The maximum atomic E-state index is 12.9. The van der Waals surface area contributed by atoms with Crippen molar-refractivity contribution >= 4 is 5.91 Å². The first-order valence-electron chi connectivity index (χ1n) is 20.5. The number of amides is 1. The summed E-state index contributed by atoms with van der Waals surface area (Å²) in [6.07, 6.45) is 28.9. The van der Waals surface area contributed by atoms with Crippen molar-refractivity contribution in [2.75, 3.05) is 13.2 Å². The van der Waals surface area contributed by atoms with Crippen molar-refractivity contribution < 1.29 is 39.8 Å². The average molecular weight is 712 g/mol. The van der Waals surface area contributed by atoms with E-state index in [1.807, 2.05) is 0 Å². The Morgan fingerprint density at radius 3 is 1.76 bits per heavy atom. The van der Waals surface area contributed by atoms with Crippen LogP contribution in [-0.2, 0) is 14.3 Å². The Morgan fingerprint density at radius 2 is 1.18 bits per heavy atom. The Hall–Kier alpha value is -1.33. The first-order chi connectivity index (χ1) is 24.3. The molecule has 1 aliphatic heterocycles. The summed E-state index contributed by atoms with van der Waals surface area (Å²) in [5, 5.41) is 54.1. The number of hydrogen-bond donors (Lipinski definition) is 6. The first kappa shape index (κ1) is 46.7. The summed E-state index contributed by atoms with van der Waals surface area (Å²) in [5.74, 6) is -0.160. The quantitative estimate of drug-likeness (QED) is 0.0302. The Kier molecular flexibility index (Phi) is 30.2. The molecule has 1 saturated heterocycles. The molecule has 0 aromatic heterocycles. The summed E-state index contributed by atoms with van der Waals surface area (Å²) in [5.41, 5.74) is 0. The van der Waals surface area contributed by atoms with Gasteiger partial charge in [-0.15, -0.1) is 0 Å². The molecule has 1 fully saturated rings. The summed E-state index contributed by atoms with van der Waals surface area (Å²) in [6, 6.07) is -0.722. The van der Waals surface area contributed by atoms with Gasteiger partial charge in [-0.1, -0.05) is 147 Å². The van der Waals surface area contributed by atoms with E-state index in [1.54, 1.807) is 0 Å². The second-order valence-corrected chi connectivity index (χ2v) is 14.4. The number of hydrogen-bond acceptors (Lipinski definition) is 8. The number of carbonyl (C=O) groups excluding carboxylic acids is 1. The second kappa shape index (κ2) is 32.3. The van der Waals surface area contributed by atoms with Crippen molar-refractivity contribution in [1.82, 2.24) is 5.32 Å². The molecule has 0 radical (unpaired) electrons. The van der Waals surface area contributed by atoms with Gasteiger partial charge >= 0.3 is 0 Å². The van der Waals surface area contributed by atoms with E-state index in [1.165, 1.54) is 83.5 Å². The van der Waals surface area contributed by atoms with Crippen LogP contribution < -0.4 is 5.32 Å². The third kappa shape index (κ3) is 23.3. The zero-order valence-corrected chi connectivity index (χ0v) is 31.9. The summed E-state index contributed by atoms with van der Waals surface area (Å²) < 4.78 is 11.2. The Balaban J connectivity index is 2.40. The molecule has 0 bridgehead atoms. The molecule has 6 N–H and O–H groups in total. The van der Waals surface area contributed by atoms with E-state index in [4.69, 9.17) is 9.47 Å². The van der Waals surface area contributed by atoms with Gasteiger partial charge in [0.05, 0.1) is 25.4 Å². The highest BCUT2D eigenvalue weighted by Crippen LogP contribution is 2.23. The lowest BCUT2D eigenvalue weighted by Gasteiger charge is -2.40. The Bertz CT molecular complexity index is 837. The minimum Gasteiger partial charge on any atom is -0.394 e. The molecule has 1 aliphatic rings. The molecule has 0 aromatic carbocycles. The number of carbonyl (C=O) groups is 1. The fourth-order valence-corrected chi connectivity index (χ4v) is 6.42. The molecule has 7 atom stereocenters. The van der Waals surface area contributed by atoms with Gasteiger partial charge in [0.2, 0.25) is 5.91 Å². The van der Waals surface area contributed by atoms with Crippen LogP contribution in [0.4, 0.5) is 0 Å². The molecular formula is C41H77NO8. The van der Waals surface area contributed by atoms with Crippen LogP contribution in [-0.4, -0.2) is 87.5 Å². The fraction of sp³-hybridized carbons (Fsp3) is 0.878. The molecule has 1 amide bonds. The smallest absolute Gasteiger partial charge is 0.220 e. The minimum absolute atomic E-state index is 0.143. The van der Waals surface area contributed by atoms with Crippen molar-refractivity contribution in [3.05, 3.63) is 24.3 Å². The lowest BCUT2D eigenvalue weighted by molar-refractivity contribution is -0.302. The molecular weight excluding hydrogens is 634 g/mol. The number of rotatable bonds is 33. The number of aliphatic hydroxyl groups excluding tert-OH is 5. The summed E-state index contributed by atoms with van der Waals surface area (Å²) in [6.45, 7) is 3.77. The van der Waals surface area contributed by atoms with Gasteiger partial charge in [0.15, 0.2) is 6.29 Å². The lowest BCUT2D eigenvalue weighted by atomic mass is 9.99. The van der Waals surface area contributed by atoms with E-state index in [9.17, 15) is 30.3 Å². The zero-order chi connectivity index (χ0) is 36.7. The largest absolute Gasteiger partial charge is 0.394 e. The van der Waals surface area contributed by atoms with Crippen LogP contribution in [0, 0.1) is 0 Å². The van der Waals surface area contributed by atoms with E-state index in [0.29, 0.717) is 12.8 Å². The van der Waals surface area contributed by atoms with Gasteiger partial charge in [-0.3, -0.25) is 4.79 Å². The van der Waals surface area contributed by atoms with Crippen LogP contribution in [0.2, 0.25) is 0 Å². The van der Waals surface area contributed by atoms with Gasteiger partial charge in [-0.05, 0) is 44.9 Å². The van der Waals surface area contributed by atoms with Gasteiger partial charge in [-0.2, -0.15) is 0 Å². The molecule has 9 heteroatoms. The van der Waals surface area contributed by atoms with Crippen molar-refractivity contribution in [1.29, 1.82) is 0 Å². The number of aliphatic hydroxyl groups is 5. The van der Waals surface area contributed by atoms with Gasteiger partial charge in [0.1, 0.15) is 24.4 Å². The van der Waals surface area contributed by atoms with Crippen LogP contribution in [0.3, 0.4) is 0 Å². The van der Waals surface area contributed by atoms with Gasteiger partial charge < -0.3 is 40.3 Å². The Labute approximate surface area is 305 Å². The van der Waals surface area contributed by atoms with E-state index in [-0.39, 0.29) is 12.5 Å². The highest BCUT2D eigenvalue weighted by Gasteiger charge is 2.44. The van der Waals surface area contributed by atoms with Gasteiger partial charge in [0.25, 0.3) is 0 Å². The SMILES string of the molecule is CCCCC/C=C/C/C=C/CCCCCCCC(=O)N[C@@H](CO[C@H]1O[C@@H](CO)[C@H](O)C(O)C1O)[C@H](O)CCCCCCCCCCCCCC. The average Bonchev–Trinajstić information content (AvgIpc) is 3.11. The van der Waals surface area contributed by atoms with Crippen molar-refractivity contribution in [2.24, 2.45) is 0 Å². The van der Waals surface area contributed by atoms with Crippen LogP contribution in [0.1, 0.15) is 174 Å². The van der Waals surface area contributed by atoms with Crippen LogP contribution >= 0.6 is 0 Å². The topological polar surface area (TPSA) is 149 Å². The predicted octanol–water partition coefficient (Wildman–Crippen LogP) is 7.55. The highest BCUT2D eigenvalue weighted by molar-refractivity contribution is 5.76. The third-order valence-electron chi connectivity index (χ3n) is 9.81. The van der Waals surface area contributed by atoms with Gasteiger partial charge in [0, 0.05) is 6.42 Å². The maximum Gasteiger partial charge on any atom is 0.220 e. The summed E-state index contributed by atoms with van der Waals surface area (Å²) in [4.78, 5) is 12.9. The molecule has 0 aliphatic carbocycles. The second-order valence-electron chi connectivity index (χ2n) is 14.4. The van der Waals surface area contributed by atoms with E-state index < -0.39 is 49.5 Å². The molecule has 9 nitrogen and oxygen atoms in total. The Morgan fingerprint density at radius 1 is 0.680 bits per heavy atom. The molecule has 294 valence electrons. The normalized spacial score (nSPS) is 22.4. The number of nitrogens with one attached hydrogen (secondary N) is 1. The van der Waals surface area contributed by atoms with E-state index >= 15 is 0 Å². The molecule has 1 heterocycles. The van der Waals surface area contributed by atoms with Crippen LogP contribution in [0.15, 0.2) is 24.3 Å². The molecule has 1 rings (SSSR count). The number of allylic oxidation sites excluding steroid dienone is 4. The van der Waals surface area contributed by atoms with Crippen molar-refractivity contribution in [3.63, 3.8) is 0 Å². The predicted molar refractivity (Wildman–Crippen MR) is 203 cm³/mol. The zero-order valence-electron chi connectivity index (χ0n) is 31.9. The fourth-order valence-electron chi connectivity index (χ4n) is 6.42. The van der Waals surface area contributed by atoms with E-state index in [2.05, 4.69) is 43.5 Å². The first-order valence-corrected chi connectivity index (χ1v) is 20.5. The molecule has 50 heavy (non-hydrogen) atoms. The molecule has 2 unspecified atom stereocenters. The van der Waals surface area contributed by atoms with Crippen molar-refractivity contribution in [3.8, 4) is 0 Å². The highest BCUT2D eigenvalue weighted by atomic mass is 16.7. The monoisotopic (exact) mass is 712 g/mol. The lowest BCUT2D eigenvalue weighted by Crippen LogP contribution is -2.60. The maximum absolute atomic E-state index is 12.9. The van der Waals surface area contributed by atoms with Crippen LogP contribution in [0.25, 0.3) is 0 Å². The molecule has 0 saturated carbocycles. The standard InChI is InChI=1S/C41H77NO8/c1-3-5-7-9-11-13-15-17-18-19-21-23-25-27-29-31-37(45)42-34(33-49-41-40(48)39(47)38(46)36(32-43)50-41)35(44)30-28-26-24-22-20-16-14-12-10-8-6-4-2/h11,13,17-18,34-36,38-41,43-44,46-48H,3-10,12,14-16,19-33H2,1-2H3,(H,42,45)/b13-11+,18-17+/t34-,35+,36-,38-,39?,40?,41-/m0/s1. The number of ether oxygens (including phenoxy) is 2. The van der Waals surface area contributed by atoms with Gasteiger partial charge in [-0.25, -0.2) is 0 Å². The summed E-state index contributed by atoms with van der Waals surface area (Å²) >= 11 is 0. The molecule has 0 spiro atoms. The molecule has 0 aromatic rings. The van der Waals surface area contributed by atoms with E-state index in [0.717, 1.165) is 64.2 Å². The van der Waals surface area contributed by atoms with Crippen molar-refractivity contribution in [2.45, 2.75) is 217 Å². The summed E-state index contributed by atoms with van der Waals surface area (Å²) in [7, 11) is 0. The van der Waals surface area contributed by atoms with Crippen LogP contribution in [0.5, 0.6) is 0 Å². The minimum atomic E-state index is -1.55.